The second kappa shape index (κ2) is 2.99. The van der Waals surface area contributed by atoms with Gasteiger partial charge in [-0.05, 0) is 55.8 Å². The molecular weight excluding hydrogens is 186 g/mol. The topological polar surface area (TPSA) is 29.1 Å². The van der Waals surface area contributed by atoms with E-state index >= 15 is 0 Å². The molecule has 0 aromatic heterocycles. The van der Waals surface area contributed by atoms with Crippen LogP contribution in [0.5, 0.6) is 0 Å². The molecule has 4 saturated carbocycles. The van der Waals surface area contributed by atoms with E-state index in [1.807, 2.05) is 0 Å². The molecule has 0 saturated heterocycles. The zero-order valence-electron chi connectivity index (χ0n) is 9.75. The fraction of sp³-hybridized carbons (Fsp3) is 0.923. The van der Waals surface area contributed by atoms with E-state index in [1.165, 1.54) is 32.1 Å². The summed E-state index contributed by atoms with van der Waals surface area (Å²) in [5, 5.41) is 3.27. The van der Waals surface area contributed by atoms with E-state index in [9.17, 15) is 4.79 Å². The molecule has 1 amide bonds. The first-order chi connectivity index (χ1) is 7.08. The highest BCUT2D eigenvalue weighted by molar-refractivity contribution is 5.74. The van der Waals surface area contributed by atoms with Gasteiger partial charge >= 0.3 is 0 Å². The first-order valence-electron chi connectivity index (χ1n) is 6.37. The van der Waals surface area contributed by atoms with Crippen LogP contribution in [0, 0.1) is 23.7 Å². The summed E-state index contributed by atoms with van der Waals surface area (Å²) in [6, 6.07) is 0. The van der Waals surface area contributed by atoms with Gasteiger partial charge in [0.25, 0.3) is 0 Å². The van der Waals surface area contributed by atoms with Crippen molar-refractivity contribution in [3.05, 3.63) is 0 Å². The van der Waals surface area contributed by atoms with Crippen LogP contribution in [0.25, 0.3) is 0 Å². The van der Waals surface area contributed by atoms with Gasteiger partial charge in [0.1, 0.15) is 0 Å². The SMILES string of the molecule is CC(=O)NC12CC3C[C@H](C1)C(C)[C@@H](C3)C2. The molecule has 4 bridgehead atoms. The maximum absolute atomic E-state index is 11.3. The Bertz CT molecular complexity index is 283. The lowest BCUT2D eigenvalue weighted by Crippen LogP contribution is -2.61. The maximum atomic E-state index is 11.3. The second-order valence-electron chi connectivity index (χ2n) is 6.29. The van der Waals surface area contributed by atoms with Crippen molar-refractivity contribution in [2.24, 2.45) is 23.7 Å². The molecule has 5 atom stereocenters. The molecule has 0 spiro atoms. The lowest BCUT2D eigenvalue weighted by Gasteiger charge is -2.59. The van der Waals surface area contributed by atoms with E-state index in [0.29, 0.717) is 0 Å². The summed E-state index contributed by atoms with van der Waals surface area (Å²) in [5.74, 6) is 3.77. The zero-order valence-corrected chi connectivity index (χ0v) is 9.75. The average Bonchev–Trinajstić information content (AvgIpc) is 2.10. The van der Waals surface area contributed by atoms with Crippen LogP contribution >= 0.6 is 0 Å². The third kappa shape index (κ3) is 1.41. The smallest absolute Gasteiger partial charge is 0.217 e. The minimum Gasteiger partial charge on any atom is -0.351 e. The van der Waals surface area contributed by atoms with Gasteiger partial charge in [-0.1, -0.05) is 6.92 Å². The van der Waals surface area contributed by atoms with Crippen LogP contribution in [-0.2, 0) is 4.79 Å². The summed E-state index contributed by atoms with van der Waals surface area (Å²) < 4.78 is 0. The summed E-state index contributed by atoms with van der Waals surface area (Å²) in [6.45, 7) is 4.09. The molecule has 2 heteroatoms. The van der Waals surface area contributed by atoms with Gasteiger partial charge in [0, 0.05) is 12.5 Å². The van der Waals surface area contributed by atoms with Crippen molar-refractivity contribution >= 4 is 5.91 Å². The predicted molar refractivity (Wildman–Crippen MR) is 59.3 cm³/mol. The molecular formula is C13H21NO. The maximum Gasteiger partial charge on any atom is 0.217 e. The number of nitrogens with one attached hydrogen (secondary N) is 1. The number of amides is 1. The van der Waals surface area contributed by atoms with Gasteiger partial charge in [0.2, 0.25) is 5.91 Å². The molecule has 1 N–H and O–H groups in total. The van der Waals surface area contributed by atoms with Crippen LogP contribution in [0.15, 0.2) is 0 Å². The van der Waals surface area contributed by atoms with Crippen molar-refractivity contribution in [3.8, 4) is 0 Å². The molecule has 4 rings (SSSR count). The fourth-order valence-electron chi connectivity index (χ4n) is 4.80. The quantitative estimate of drug-likeness (QED) is 0.702. The van der Waals surface area contributed by atoms with Gasteiger partial charge in [-0.25, -0.2) is 0 Å². The first kappa shape index (κ1) is 9.68. The molecule has 0 radical (unpaired) electrons. The predicted octanol–water partition coefficient (Wildman–Crippen LogP) is 2.34. The minimum absolute atomic E-state index is 0.171. The van der Waals surface area contributed by atoms with Gasteiger partial charge in [-0.15, -0.1) is 0 Å². The number of hydrogen-bond acceptors (Lipinski definition) is 1. The molecule has 0 aromatic carbocycles. The molecule has 0 aromatic rings. The van der Waals surface area contributed by atoms with Gasteiger partial charge in [0.05, 0.1) is 0 Å². The number of hydrogen-bond donors (Lipinski definition) is 1. The lowest BCUT2D eigenvalue weighted by atomic mass is 9.49. The van der Waals surface area contributed by atoms with Crippen LogP contribution in [0.3, 0.4) is 0 Å². The summed E-state index contributed by atoms with van der Waals surface area (Å²) in [6.07, 6.45) is 6.62. The van der Waals surface area contributed by atoms with E-state index in [2.05, 4.69) is 12.2 Å². The van der Waals surface area contributed by atoms with Crippen molar-refractivity contribution in [1.29, 1.82) is 0 Å². The second-order valence-corrected chi connectivity index (χ2v) is 6.29. The Labute approximate surface area is 91.8 Å². The fourth-order valence-corrected chi connectivity index (χ4v) is 4.80. The third-order valence-corrected chi connectivity index (χ3v) is 5.19. The molecule has 0 aliphatic heterocycles. The van der Waals surface area contributed by atoms with Crippen molar-refractivity contribution in [3.63, 3.8) is 0 Å². The minimum atomic E-state index is 0.171. The van der Waals surface area contributed by atoms with Crippen LogP contribution in [-0.4, -0.2) is 11.4 Å². The van der Waals surface area contributed by atoms with Crippen molar-refractivity contribution < 1.29 is 4.79 Å². The van der Waals surface area contributed by atoms with E-state index < -0.39 is 0 Å². The van der Waals surface area contributed by atoms with Crippen LogP contribution < -0.4 is 5.32 Å². The molecule has 4 aliphatic carbocycles. The summed E-state index contributed by atoms with van der Waals surface area (Å²) in [4.78, 5) is 11.3. The van der Waals surface area contributed by atoms with Gasteiger partial charge in [0.15, 0.2) is 0 Å². The molecule has 0 heterocycles. The number of carbonyl (C=O) groups excluding carboxylic acids is 1. The summed E-state index contributed by atoms with van der Waals surface area (Å²) >= 11 is 0. The van der Waals surface area contributed by atoms with E-state index in [0.717, 1.165) is 23.7 Å². The Morgan fingerprint density at radius 2 is 1.80 bits per heavy atom. The van der Waals surface area contributed by atoms with E-state index in [-0.39, 0.29) is 11.4 Å². The first-order valence-corrected chi connectivity index (χ1v) is 6.37. The Hall–Kier alpha value is -0.530. The normalized spacial score (nSPS) is 51.9. The Kier molecular flexibility index (Phi) is 1.93. The largest absolute Gasteiger partial charge is 0.351 e. The molecule has 4 fully saturated rings. The summed E-state index contributed by atoms with van der Waals surface area (Å²) in [7, 11) is 0. The molecule has 2 nitrogen and oxygen atoms in total. The standard InChI is InChI=1S/C13H21NO/c1-8-11-3-10-4-12(8)7-13(5-10,6-11)14-9(2)15/h8,10-12H,3-7H2,1-2H3,(H,14,15)/t8?,10?,11-,12+,13?. The Morgan fingerprint density at radius 3 is 2.33 bits per heavy atom. The van der Waals surface area contributed by atoms with E-state index in [4.69, 9.17) is 0 Å². The van der Waals surface area contributed by atoms with Gasteiger partial charge in [-0.2, -0.15) is 0 Å². The van der Waals surface area contributed by atoms with Crippen LogP contribution in [0.2, 0.25) is 0 Å². The molecule has 15 heavy (non-hydrogen) atoms. The Morgan fingerprint density at radius 1 is 1.20 bits per heavy atom. The van der Waals surface area contributed by atoms with Gasteiger partial charge < -0.3 is 5.32 Å². The molecule has 84 valence electrons. The van der Waals surface area contributed by atoms with E-state index in [1.54, 1.807) is 6.92 Å². The molecule has 4 aliphatic rings. The highest BCUT2D eigenvalue weighted by Crippen LogP contribution is 2.58. The average molecular weight is 207 g/mol. The third-order valence-electron chi connectivity index (χ3n) is 5.19. The Balaban J connectivity index is 1.85. The van der Waals surface area contributed by atoms with Crippen molar-refractivity contribution in [1.82, 2.24) is 5.32 Å². The highest BCUT2D eigenvalue weighted by Gasteiger charge is 2.54. The molecule has 3 unspecified atom stereocenters. The van der Waals surface area contributed by atoms with Crippen LogP contribution in [0.1, 0.15) is 46.0 Å². The van der Waals surface area contributed by atoms with Crippen molar-refractivity contribution in [2.45, 2.75) is 51.5 Å². The summed E-state index contributed by atoms with van der Waals surface area (Å²) in [5.41, 5.74) is 0.203. The number of rotatable bonds is 1. The van der Waals surface area contributed by atoms with Crippen molar-refractivity contribution in [2.75, 3.05) is 0 Å². The van der Waals surface area contributed by atoms with Gasteiger partial charge in [-0.3, -0.25) is 4.79 Å². The highest BCUT2D eigenvalue weighted by atomic mass is 16.1. The van der Waals surface area contributed by atoms with Crippen LogP contribution in [0.4, 0.5) is 0 Å². The monoisotopic (exact) mass is 207 g/mol. The zero-order chi connectivity index (χ0) is 10.6. The number of carbonyl (C=O) groups is 1. The lowest BCUT2D eigenvalue weighted by molar-refractivity contribution is -0.126.